The maximum absolute atomic E-state index is 12.3. The Labute approximate surface area is 136 Å². The summed E-state index contributed by atoms with van der Waals surface area (Å²) in [7, 11) is 0. The molecule has 7 heteroatoms. The molecule has 1 N–H and O–H groups in total. The third kappa shape index (κ3) is 2.97. The summed E-state index contributed by atoms with van der Waals surface area (Å²) >= 11 is 1.57. The van der Waals surface area contributed by atoms with Crippen molar-refractivity contribution in [2.24, 2.45) is 0 Å². The number of rotatable bonds is 3. The first-order valence-electron chi connectivity index (χ1n) is 7.47. The van der Waals surface area contributed by atoms with E-state index < -0.39 is 0 Å². The van der Waals surface area contributed by atoms with Crippen LogP contribution in [0.5, 0.6) is 0 Å². The van der Waals surface area contributed by atoms with E-state index in [4.69, 9.17) is 9.15 Å². The molecule has 1 fully saturated rings. The van der Waals surface area contributed by atoms with Gasteiger partial charge in [0.1, 0.15) is 6.26 Å². The van der Waals surface area contributed by atoms with E-state index in [0.29, 0.717) is 30.5 Å². The number of fused-ring (bicyclic) bond motifs is 1. The second-order valence-electron chi connectivity index (χ2n) is 5.45. The number of ether oxygens (including phenoxy) is 1. The first kappa shape index (κ1) is 14.3. The monoisotopic (exact) mass is 329 g/mol. The van der Waals surface area contributed by atoms with Crippen molar-refractivity contribution >= 4 is 33.1 Å². The van der Waals surface area contributed by atoms with Crippen molar-refractivity contribution in [1.29, 1.82) is 0 Å². The minimum Gasteiger partial charge on any atom is -0.448 e. The van der Waals surface area contributed by atoms with Gasteiger partial charge in [0, 0.05) is 24.8 Å². The molecule has 0 radical (unpaired) electrons. The van der Waals surface area contributed by atoms with Crippen LogP contribution in [-0.2, 0) is 4.74 Å². The Bertz CT molecular complexity index is 836. The highest BCUT2D eigenvalue weighted by atomic mass is 32.1. The van der Waals surface area contributed by atoms with Crippen molar-refractivity contribution in [3.63, 3.8) is 0 Å². The lowest BCUT2D eigenvalue weighted by Gasteiger charge is -2.18. The molecule has 1 amide bonds. The van der Waals surface area contributed by atoms with Crippen LogP contribution >= 0.6 is 11.3 Å². The second kappa shape index (κ2) is 6.10. The Morgan fingerprint density at radius 2 is 2.17 bits per heavy atom. The predicted octanol–water partition coefficient (Wildman–Crippen LogP) is 3.43. The van der Waals surface area contributed by atoms with Crippen LogP contribution in [0, 0.1) is 0 Å². The number of amides is 1. The van der Waals surface area contributed by atoms with Gasteiger partial charge in [-0.05, 0) is 31.0 Å². The predicted molar refractivity (Wildman–Crippen MR) is 86.9 cm³/mol. The first-order chi connectivity index (χ1) is 11.3. The Morgan fingerprint density at radius 3 is 3.04 bits per heavy atom. The van der Waals surface area contributed by atoms with E-state index >= 15 is 0 Å². The Kier molecular flexibility index (Phi) is 3.80. The number of thiazole rings is 1. The van der Waals surface area contributed by atoms with Gasteiger partial charge in [0.25, 0.3) is 5.91 Å². The summed E-state index contributed by atoms with van der Waals surface area (Å²) < 4.78 is 11.9. The number of nitrogens with zero attached hydrogens (tertiary/aromatic N) is 2. The van der Waals surface area contributed by atoms with Gasteiger partial charge in [-0.1, -0.05) is 0 Å². The molecule has 0 bridgehead atoms. The van der Waals surface area contributed by atoms with Crippen molar-refractivity contribution in [3.8, 4) is 0 Å². The second-order valence-corrected chi connectivity index (χ2v) is 6.33. The van der Waals surface area contributed by atoms with Gasteiger partial charge < -0.3 is 14.5 Å². The highest BCUT2D eigenvalue weighted by Crippen LogP contribution is 2.26. The largest absolute Gasteiger partial charge is 0.448 e. The zero-order chi connectivity index (χ0) is 15.6. The lowest BCUT2D eigenvalue weighted by Crippen LogP contribution is -2.15. The van der Waals surface area contributed by atoms with Crippen LogP contribution in [0.4, 0.5) is 5.69 Å². The Hall–Kier alpha value is -2.25. The van der Waals surface area contributed by atoms with Crippen molar-refractivity contribution in [2.75, 3.05) is 18.5 Å². The smallest absolute Gasteiger partial charge is 0.277 e. The molecule has 0 unspecified atom stereocenters. The third-order valence-corrected chi connectivity index (χ3v) is 4.72. The quantitative estimate of drug-likeness (QED) is 0.796. The highest BCUT2D eigenvalue weighted by Gasteiger charge is 2.22. The number of nitrogens with one attached hydrogen (secondary N) is 1. The Morgan fingerprint density at radius 1 is 1.30 bits per heavy atom. The molecule has 0 saturated carbocycles. The number of anilines is 1. The molecule has 6 nitrogen and oxygen atoms in total. The van der Waals surface area contributed by atoms with Gasteiger partial charge >= 0.3 is 0 Å². The molecule has 1 aromatic carbocycles. The molecule has 1 aliphatic rings. The minimum absolute atomic E-state index is 0.233. The molecule has 1 saturated heterocycles. The topological polar surface area (TPSA) is 77.2 Å². The van der Waals surface area contributed by atoms with Gasteiger partial charge in [0.05, 0.1) is 15.7 Å². The summed E-state index contributed by atoms with van der Waals surface area (Å²) in [4.78, 5) is 20.9. The molecular weight excluding hydrogens is 314 g/mol. The fourth-order valence-electron chi connectivity index (χ4n) is 2.65. The standard InChI is InChI=1S/C16H15N3O3S/c20-15(18-11-1-2-14-12(7-11)17-9-23-14)13-8-22-16(19-13)10-3-5-21-6-4-10/h1-2,7-10H,3-6H2,(H,18,20). The summed E-state index contributed by atoms with van der Waals surface area (Å²) in [6, 6.07) is 5.65. The molecular formula is C16H15N3O3S. The van der Waals surface area contributed by atoms with E-state index in [1.165, 1.54) is 6.26 Å². The fraction of sp³-hybridized carbons (Fsp3) is 0.312. The first-order valence-corrected chi connectivity index (χ1v) is 8.35. The van der Waals surface area contributed by atoms with Crippen LogP contribution < -0.4 is 5.32 Å². The Balaban J connectivity index is 1.49. The maximum atomic E-state index is 12.3. The number of carbonyl (C=O) groups excluding carboxylic acids is 1. The van der Waals surface area contributed by atoms with Crippen molar-refractivity contribution in [3.05, 3.63) is 41.6 Å². The van der Waals surface area contributed by atoms with E-state index in [2.05, 4.69) is 15.3 Å². The zero-order valence-electron chi connectivity index (χ0n) is 12.3. The fourth-order valence-corrected chi connectivity index (χ4v) is 3.31. The summed E-state index contributed by atoms with van der Waals surface area (Å²) in [6.45, 7) is 1.42. The average molecular weight is 329 g/mol. The molecule has 118 valence electrons. The van der Waals surface area contributed by atoms with Crippen LogP contribution in [0.2, 0.25) is 0 Å². The normalized spacial score (nSPS) is 15.8. The molecule has 4 rings (SSSR count). The molecule has 3 aromatic rings. The summed E-state index contributed by atoms with van der Waals surface area (Å²) in [5.41, 5.74) is 3.65. The number of hydrogen-bond donors (Lipinski definition) is 1. The summed E-state index contributed by atoms with van der Waals surface area (Å²) in [5, 5.41) is 2.83. The van der Waals surface area contributed by atoms with Crippen molar-refractivity contribution in [2.45, 2.75) is 18.8 Å². The number of oxazole rings is 1. The average Bonchev–Trinajstić information content (AvgIpc) is 3.24. The van der Waals surface area contributed by atoms with Crippen molar-refractivity contribution in [1.82, 2.24) is 9.97 Å². The SMILES string of the molecule is O=C(Nc1ccc2scnc2c1)c1coc(C2CCOCC2)n1. The lowest BCUT2D eigenvalue weighted by molar-refractivity contribution is 0.0794. The maximum Gasteiger partial charge on any atom is 0.277 e. The van der Waals surface area contributed by atoms with E-state index in [0.717, 1.165) is 23.1 Å². The number of carbonyl (C=O) groups is 1. The third-order valence-electron chi connectivity index (χ3n) is 3.91. The van der Waals surface area contributed by atoms with Crippen LogP contribution in [0.15, 0.2) is 34.4 Å². The van der Waals surface area contributed by atoms with Gasteiger partial charge in [0.15, 0.2) is 11.6 Å². The van der Waals surface area contributed by atoms with Crippen molar-refractivity contribution < 1.29 is 13.9 Å². The van der Waals surface area contributed by atoms with E-state index in [9.17, 15) is 4.79 Å². The number of benzene rings is 1. The molecule has 2 aromatic heterocycles. The number of hydrogen-bond acceptors (Lipinski definition) is 6. The van der Waals surface area contributed by atoms with Crippen LogP contribution in [0.1, 0.15) is 35.1 Å². The van der Waals surface area contributed by atoms with E-state index in [1.807, 2.05) is 18.2 Å². The van der Waals surface area contributed by atoms with Crippen LogP contribution in [0.3, 0.4) is 0 Å². The van der Waals surface area contributed by atoms with Gasteiger partial charge in [-0.2, -0.15) is 0 Å². The molecule has 0 aliphatic carbocycles. The minimum atomic E-state index is -0.276. The molecule has 1 aliphatic heterocycles. The van der Waals surface area contributed by atoms with Gasteiger partial charge in [-0.3, -0.25) is 4.79 Å². The highest BCUT2D eigenvalue weighted by molar-refractivity contribution is 7.16. The van der Waals surface area contributed by atoms with Gasteiger partial charge in [0.2, 0.25) is 0 Å². The van der Waals surface area contributed by atoms with Crippen LogP contribution in [-0.4, -0.2) is 29.1 Å². The van der Waals surface area contributed by atoms with Gasteiger partial charge in [-0.25, -0.2) is 9.97 Å². The zero-order valence-corrected chi connectivity index (χ0v) is 13.1. The molecule has 23 heavy (non-hydrogen) atoms. The van der Waals surface area contributed by atoms with E-state index in [1.54, 1.807) is 16.8 Å². The summed E-state index contributed by atoms with van der Waals surface area (Å²) in [6.07, 6.45) is 3.17. The van der Waals surface area contributed by atoms with E-state index in [-0.39, 0.29) is 11.8 Å². The number of aromatic nitrogens is 2. The lowest BCUT2D eigenvalue weighted by atomic mass is 10.0. The molecule has 3 heterocycles. The molecule has 0 atom stereocenters. The van der Waals surface area contributed by atoms with Gasteiger partial charge in [-0.15, -0.1) is 11.3 Å². The summed E-state index contributed by atoms with van der Waals surface area (Å²) in [5.74, 6) is 0.576. The molecule has 0 spiro atoms. The van der Waals surface area contributed by atoms with Crippen LogP contribution in [0.25, 0.3) is 10.2 Å².